The summed E-state index contributed by atoms with van der Waals surface area (Å²) in [4.78, 5) is 1.34. The third-order valence-electron chi connectivity index (χ3n) is 3.62. The molecule has 2 nitrogen and oxygen atoms in total. The largest absolute Gasteiger partial charge is 0.377 e. The van der Waals surface area contributed by atoms with Gasteiger partial charge in [-0.2, -0.15) is 0 Å². The second-order valence-electron chi connectivity index (χ2n) is 5.06. The standard InChI is InChI=1S/C16H25NOS/c1-2-17-14-8-10-15(11-9-14)18-12-13-19-16-6-4-3-5-7-16/h3-7,14-15,17H,2,8-13H2,1H3. The minimum Gasteiger partial charge on any atom is -0.377 e. The molecule has 19 heavy (non-hydrogen) atoms. The maximum atomic E-state index is 5.98. The molecule has 0 saturated heterocycles. The number of rotatable bonds is 7. The van der Waals surface area contributed by atoms with E-state index in [0.29, 0.717) is 6.10 Å². The van der Waals surface area contributed by atoms with Gasteiger partial charge in [0.25, 0.3) is 0 Å². The van der Waals surface area contributed by atoms with Crippen molar-refractivity contribution >= 4 is 11.8 Å². The molecule has 0 aromatic heterocycles. The Hall–Kier alpha value is -0.510. The molecule has 2 rings (SSSR count). The number of hydrogen-bond donors (Lipinski definition) is 1. The average Bonchev–Trinajstić information content (AvgIpc) is 2.47. The van der Waals surface area contributed by atoms with Crippen LogP contribution >= 0.6 is 11.8 Å². The minimum atomic E-state index is 0.492. The Bertz CT molecular complexity index is 336. The smallest absolute Gasteiger partial charge is 0.0576 e. The average molecular weight is 279 g/mol. The van der Waals surface area contributed by atoms with Crippen LogP contribution in [0.2, 0.25) is 0 Å². The van der Waals surface area contributed by atoms with Gasteiger partial charge in [-0.1, -0.05) is 25.1 Å². The molecule has 1 aromatic carbocycles. The fourth-order valence-corrected chi connectivity index (χ4v) is 3.38. The van der Waals surface area contributed by atoms with Crippen LogP contribution in [0.5, 0.6) is 0 Å². The van der Waals surface area contributed by atoms with Crippen molar-refractivity contribution in [3.8, 4) is 0 Å². The molecule has 1 N–H and O–H groups in total. The van der Waals surface area contributed by atoms with Gasteiger partial charge >= 0.3 is 0 Å². The van der Waals surface area contributed by atoms with Crippen LogP contribution in [-0.2, 0) is 4.74 Å². The minimum absolute atomic E-state index is 0.492. The van der Waals surface area contributed by atoms with Crippen molar-refractivity contribution in [2.75, 3.05) is 18.9 Å². The van der Waals surface area contributed by atoms with Crippen LogP contribution in [0.4, 0.5) is 0 Å². The summed E-state index contributed by atoms with van der Waals surface area (Å²) < 4.78 is 5.98. The van der Waals surface area contributed by atoms with E-state index >= 15 is 0 Å². The molecule has 0 amide bonds. The highest BCUT2D eigenvalue weighted by atomic mass is 32.2. The van der Waals surface area contributed by atoms with Crippen molar-refractivity contribution in [1.29, 1.82) is 0 Å². The number of benzene rings is 1. The normalized spacial score (nSPS) is 23.4. The molecule has 1 aliphatic rings. The van der Waals surface area contributed by atoms with Gasteiger partial charge in [-0.05, 0) is 44.4 Å². The lowest BCUT2D eigenvalue weighted by molar-refractivity contribution is 0.0321. The maximum Gasteiger partial charge on any atom is 0.0576 e. The zero-order chi connectivity index (χ0) is 13.3. The second kappa shape index (κ2) is 8.62. The lowest BCUT2D eigenvalue weighted by Crippen LogP contribution is -2.35. The molecule has 0 heterocycles. The Morgan fingerprint density at radius 3 is 2.58 bits per heavy atom. The zero-order valence-corrected chi connectivity index (χ0v) is 12.6. The van der Waals surface area contributed by atoms with E-state index in [-0.39, 0.29) is 0 Å². The van der Waals surface area contributed by atoms with Gasteiger partial charge in [-0.15, -0.1) is 11.8 Å². The van der Waals surface area contributed by atoms with E-state index in [0.717, 1.165) is 24.9 Å². The molecule has 1 fully saturated rings. The fourth-order valence-electron chi connectivity index (χ4n) is 2.61. The summed E-state index contributed by atoms with van der Waals surface area (Å²) in [6.45, 7) is 4.14. The Morgan fingerprint density at radius 2 is 1.89 bits per heavy atom. The van der Waals surface area contributed by atoms with Crippen LogP contribution in [0, 0.1) is 0 Å². The molecule has 3 heteroatoms. The quantitative estimate of drug-likeness (QED) is 0.607. The van der Waals surface area contributed by atoms with Crippen molar-refractivity contribution in [2.45, 2.75) is 49.6 Å². The van der Waals surface area contributed by atoms with E-state index in [9.17, 15) is 0 Å². The molecule has 0 aliphatic heterocycles. The van der Waals surface area contributed by atoms with Crippen LogP contribution in [0.1, 0.15) is 32.6 Å². The number of hydrogen-bond acceptors (Lipinski definition) is 3. The van der Waals surface area contributed by atoms with E-state index in [1.54, 1.807) is 0 Å². The Morgan fingerprint density at radius 1 is 1.16 bits per heavy atom. The van der Waals surface area contributed by atoms with Crippen LogP contribution in [0.3, 0.4) is 0 Å². The second-order valence-corrected chi connectivity index (χ2v) is 6.23. The number of thioether (sulfide) groups is 1. The summed E-state index contributed by atoms with van der Waals surface area (Å²) in [5, 5.41) is 3.53. The highest BCUT2D eigenvalue weighted by Gasteiger charge is 2.20. The molecule has 0 unspecified atom stereocenters. The van der Waals surface area contributed by atoms with E-state index in [4.69, 9.17) is 4.74 Å². The number of nitrogens with one attached hydrogen (secondary N) is 1. The van der Waals surface area contributed by atoms with Gasteiger partial charge in [-0.25, -0.2) is 0 Å². The van der Waals surface area contributed by atoms with Crippen molar-refractivity contribution in [3.05, 3.63) is 30.3 Å². The lowest BCUT2D eigenvalue weighted by Gasteiger charge is -2.28. The maximum absolute atomic E-state index is 5.98. The van der Waals surface area contributed by atoms with Gasteiger partial charge in [0.05, 0.1) is 12.7 Å². The van der Waals surface area contributed by atoms with Crippen LogP contribution in [-0.4, -0.2) is 31.1 Å². The Kier molecular flexibility index (Phi) is 6.75. The molecular formula is C16H25NOS. The topological polar surface area (TPSA) is 21.3 Å². The van der Waals surface area contributed by atoms with Crippen molar-refractivity contribution in [2.24, 2.45) is 0 Å². The first kappa shape index (κ1) is 14.9. The lowest BCUT2D eigenvalue weighted by atomic mass is 9.93. The summed E-state index contributed by atoms with van der Waals surface area (Å²) in [6, 6.07) is 11.3. The molecule has 0 atom stereocenters. The third-order valence-corrected chi connectivity index (χ3v) is 4.59. The highest BCUT2D eigenvalue weighted by molar-refractivity contribution is 7.99. The molecule has 0 spiro atoms. The first-order valence-corrected chi connectivity index (χ1v) is 8.40. The summed E-state index contributed by atoms with van der Waals surface area (Å²) in [5.41, 5.74) is 0. The van der Waals surface area contributed by atoms with Gasteiger partial charge in [0.1, 0.15) is 0 Å². The summed E-state index contributed by atoms with van der Waals surface area (Å²) in [6.07, 6.45) is 5.46. The zero-order valence-electron chi connectivity index (χ0n) is 11.8. The number of ether oxygens (including phenoxy) is 1. The first-order chi connectivity index (χ1) is 9.38. The predicted octanol–water partition coefficient (Wildman–Crippen LogP) is 3.72. The van der Waals surface area contributed by atoms with Gasteiger partial charge in [0.15, 0.2) is 0 Å². The van der Waals surface area contributed by atoms with Gasteiger partial charge < -0.3 is 10.1 Å². The van der Waals surface area contributed by atoms with Crippen LogP contribution < -0.4 is 5.32 Å². The molecule has 1 aliphatic carbocycles. The van der Waals surface area contributed by atoms with Crippen molar-refractivity contribution in [1.82, 2.24) is 5.32 Å². The van der Waals surface area contributed by atoms with E-state index in [1.807, 2.05) is 11.8 Å². The Labute approximate surface area is 121 Å². The molecular weight excluding hydrogens is 254 g/mol. The molecule has 1 saturated carbocycles. The molecule has 0 radical (unpaired) electrons. The summed E-state index contributed by atoms with van der Waals surface area (Å²) >= 11 is 1.88. The van der Waals surface area contributed by atoms with E-state index in [2.05, 4.69) is 42.6 Å². The molecule has 106 valence electrons. The van der Waals surface area contributed by atoms with Crippen molar-refractivity contribution in [3.63, 3.8) is 0 Å². The van der Waals surface area contributed by atoms with E-state index in [1.165, 1.54) is 30.6 Å². The summed E-state index contributed by atoms with van der Waals surface area (Å²) in [7, 11) is 0. The first-order valence-electron chi connectivity index (χ1n) is 7.41. The van der Waals surface area contributed by atoms with Crippen LogP contribution in [0.25, 0.3) is 0 Å². The summed E-state index contributed by atoms with van der Waals surface area (Å²) in [5.74, 6) is 1.05. The fraction of sp³-hybridized carbons (Fsp3) is 0.625. The van der Waals surface area contributed by atoms with Gasteiger partial charge in [0.2, 0.25) is 0 Å². The predicted molar refractivity (Wildman–Crippen MR) is 82.8 cm³/mol. The molecule has 1 aromatic rings. The third kappa shape index (κ3) is 5.55. The van der Waals surface area contributed by atoms with Gasteiger partial charge in [0, 0.05) is 16.7 Å². The van der Waals surface area contributed by atoms with Crippen LogP contribution in [0.15, 0.2) is 35.2 Å². The molecule has 0 bridgehead atoms. The highest BCUT2D eigenvalue weighted by Crippen LogP contribution is 2.22. The SMILES string of the molecule is CCNC1CCC(OCCSc2ccccc2)CC1. The van der Waals surface area contributed by atoms with E-state index < -0.39 is 0 Å². The van der Waals surface area contributed by atoms with Gasteiger partial charge in [-0.3, -0.25) is 0 Å². The van der Waals surface area contributed by atoms with Crippen molar-refractivity contribution < 1.29 is 4.74 Å². The Balaban J connectivity index is 1.55. The monoisotopic (exact) mass is 279 g/mol.